The number of fused-ring (bicyclic) bond motifs is 3. The van der Waals surface area contributed by atoms with Gasteiger partial charge in [-0.3, -0.25) is 9.89 Å². The van der Waals surface area contributed by atoms with E-state index in [1.54, 1.807) is 6.20 Å². The van der Waals surface area contributed by atoms with Gasteiger partial charge in [0, 0.05) is 27.1 Å². The molecule has 1 aliphatic rings. The Hall–Kier alpha value is -2.74. The fraction of sp³-hybridized carbons (Fsp3) is 0.238. The van der Waals surface area contributed by atoms with Crippen molar-refractivity contribution in [3.8, 4) is 10.4 Å². The predicted molar refractivity (Wildman–Crippen MR) is 108 cm³/mol. The number of hydrogen-bond donors (Lipinski definition) is 2. The van der Waals surface area contributed by atoms with Gasteiger partial charge in [0.25, 0.3) is 5.56 Å². The highest BCUT2D eigenvalue weighted by Crippen LogP contribution is 2.38. The van der Waals surface area contributed by atoms with Crippen LogP contribution in [0.2, 0.25) is 0 Å². The first-order chi connectivity index (χ1) is 13.7. The third kappa shape index (κ3) is 2.97. The van der Waals surface area contributed by atoms with E-state index in [0.29, 0.717) is 24.5 Å². The Morgan fingerprint density at radius 3 is 2.96 bits per heavy atom. The molecule has 3 aromatic heterocycles. The predicted octanol–water partition coefficient (Wildman–Crippen LogP) is 4.08. The van der Waals surface area contributed by atoms with Gasteiger partial charge in [-0.1, -0.05) is 30.3 Å². The van der Waals surface area contributed by atoms with Crippen molar-refractivity contribution in [2.75, 3.05) is 6.61 Å². The first-order valence-electron chi connectivity index (χ1n) is 9.13. The number of aryl methyl sites for hydroxylation is 1. The molecule has 1 unspecified atom stereocenters. The first-order valence-corrected chi connectivity index (χ1v) is 9.94. The van der Waals surface area contributed by atoms with Crippen molar-refractivity contribution in [2.24, 2.45) is 0 Å². The van der Waals surface area contributed by atoms with Crippen LogP contribution in [-0.2, 0) is 22.7 Å². The van der Waals surface area contributed by atoms with Crippen molar-refractivity contribution in [3.63, 3.8) is 0 Å². The van der Waals surface area contributed by atoms with Gasteiger partial charge < -0.3 is 14.5 Å². The van der Waals surface area contributed by atoms with E-state index in [9.17, 15) is 4.79 Å². The van der Waals surface area contributed by atoms with Gasteiger partial charge in [-0.25, -0.2) is 0 Å². The van der Waals surface area contributed by atoms with Crippen LogP contribution in [0.1, 0.15) is 28.6 Å². The summed E-state index contributed by atoms with van der Waals surface area (Å²) < 4.78 is 12.6. The van der Waals surface area contributed by atoms with E-state index >= 15 is 0 Å². The molecule has 0 radical (unpaired) electrons. The number of pyridine rings is 1. The largest absolute Gasteiger partial charge is 0.374 e. The fourth-order valence-corrected chi connectivity index (χ4v) is 4.75. The Morgan fingerprint density at radius 2 is 2.18 bits per heavy atom. The highest BCUT2D eigenvalue weighted by atomic mass is 32.1. The molecule has 2 N–H and O–H groups in total. The van der Waals surface area contributed by atoms with Crippen LogP contribution in [0.4, 0.5) is 0 Å². The molecule has 0 aliphatic carbocycles. The molecule has 142 valence electrons. The lowest BCUT2D eigenvalue weighted by molar-refractivity contribution is -0.0472. The molecule has 1 aromatic carbocycles. The highest BCUT2D eigenvalue weighted by molar-refractivity contribution is 7.22. The Balaban J connectivity index is 1.54. The molecule has 4 heterocycles. The number of benzene rings is 1. The fourth-order valence-electron chi connectivity index (χ4n) is 3.60. The first kappa shape index (κ1) is 17.4. The number of nitrogens with one attached hydrogen (secondary N) is 2. The second-order valence-electron chi connectivity index (χ2n) is 6.91. The SMILES string of the molecule is Cc1[nH]ncc1-c1cc2c3c([nH]c(=O)c2s1)C(OCc1ccccc1)COC3. The van der Waals surface area contributed by atoms with Crippen LogP contribution in [0.5, 0.6) is 0 Å². The quantitative estimate of drug-likeness (QED) is 0.548. The Labute approximate surface area is 165 Å². The minimum absolute atomic E-state index is 0.0821. The molecular weight excluding hydrogens is 374 g/mol. The third-order valence-electron chi connectivity index (χ3n) is 5.06. The maximum absolute atomic E-state index is 12.8. The van der Waals surface area contributed by atoms with Crippen molar-refractivity contribution >= 4 is 21.4 Å². The Bertz CT molecular complexity index is 1190. The highest BCUT2D eigenvalue weighted by Gasteiger charge is 2.26. The summed E-state index contributed by atoms with van der Waals surface area (Å²) >= 11 is 1.48. The van der Waals surface area contributed by atoms with Crippen LogP contribution < -0.4 is 5.56 Å². The molecule has 28 heavy (non-hydrogen) atoms. The van der Waals surface area contributed by atoms with Gasteiger partial charge in [0.1, 0.15) is 10.8 Å². The number of nitrogens with zero attached hydrogens (tertiary/aromatic N) is 1. The van der Waals surface area contributed by atoms with Gasteiger partial charge in [-0.2, -0.15) is 5.10 Å². The second kappa shape index (κ2) is 7.01. The van der Waals surface area contributed by atoms with Crippen LogP contribution in [-0.4, -0.2) is 21.8 Å². The molecule has 0 bridgehead atoms. The van der Waals surface area contributed by atoms with Gasteiger partial charge >= 0.3 is 0 Å². The lowest BCUT2D eigenvalue weighted by atomic mass is 10.0. The van der Waals surface area contributed by atoms with E-state index < -0.39 is 0 Å². The van der Waals surface area contributed by atoms with Gasteiger partial charge in [0.05, 0.1) is 31.7 Å². The monoisotopic (exact) mass is 393 g/mol. The summed E-state index contributed by atoms with van der Waals surface area (Å²) in [6.07, 6.45) is 1.50. The summed E-state index contributed by atoms with van der Waals surface area (Å²) in [5.74, 6) is 0. The topological polar surface area (TPSA) is 80.0 Å². The lowest BCUT2D eigenvalue weighted by Crippen LogP contribution is -2.24. The molecule has 5 rings (SSSR count). The average molecular weight is 393 g/mol. The number of hydrogen-bond acceptors (Lipinski definition) is 5. The van der Waals surface area contributed by atoms with Gasteiger partial charge in [-0.15, -0.1) is 11.3 Å². The van der Waals surface area contributed by atoms with Gasteiger partial charge in [0.2, 0.25) is 0 Å². The average Bonchev–Trinajstić information content (AvgIpc) is 3.34. The van der Waals surface area contributed by atoms with Crippen LogP contribution in [0, 0.1) is 6.92 Å². The van der Waals surface area contributed by atoms with E-state index in [2.05, 4.69) is 21.2 Å². The molecule has 0 fully saturated rings. The van der Waals surface area contributed by atoms with Gasteiger partial charge in [0.15, 0.2) is 0 Å². The maximum Gasteiger partial charge on any atom is 0.266 e. The molecule has 4 aromatic rings. The molecule has 0 saturated carbocycles. The van der Waals surface area contributed by atoms with Crippen LogP contribution in [0.15, 0.2) is 47.4 Å². The van der Waals surface area contributed by atoms with E-state index in [1.165, 1.54) is 11.3 Å². The smallest absolute Gasteiger partial charge is 0.266 e. The Kier molecular flexibility index (Phi) is 4.35. The number of ether oxygens (including phenoxy) is 2. The Morgan fingerprint density at radius 1 is 1.32 bits per heavy atom. The summed E-state index contributed by atoms with van der Waals surface area (Å²) in [6.45, 7) is 3.34. The van der Waals surface area contributed by atoms with Crippen molar-refractivity contribution < 1.29 is 9.47 Å². The van der Waals surface area contributed by atoms with Crippen LogP contribution in [0.3, 0.4) is 0 Å². The summed E-state index contributed by atoms with van der Waals surface area (Å²) in [5, 5.41) is 7.99. The minimum atomic E-state index is -0.292. The summed E-state index contributed by atoms with van der Waals surface area (Å²) in [5.41, 5.74) is 4.84. The molecule has 7 heteroatoms. The zero-order valence-electron chi connectivity index (χ0n) is 15.3. The third-order valence-corrected chi connectivity index (χ3v) is 6.23. The standard InChI is InChI=1S/C21H19N3O3S/c1-12-15(8-22-24-12)18-7-14-16-10-26-11-17(19(16)23-21(25)20(14)28-18)27-9-13-5-3-2-4-6-13/h2-8,17H,9-11H2,1H3,(H,22,24)(H,23,25). The zero-order chi connectivity index (χ0) is 19.1. The van der Waals surface area contributed by atoms with Crippen molar-refractivity contribution in [1.82, 2.24) is 15.2 Å². The van der Waals surface area contributed by atoms with E-state index in [0.717, 1.165) is 38.3 Å². The lowest BCUT2D eigenvalue weighted by Gasteiger charge is -2.26. The molecule has 1 aliphatic heterocycles. The number of aromatic nitrogens is 3. The molecule has 0 amide bonds. The van der Waals surface area contributed by atoms with Crippen molar-refractivity contribution in [3.05, 3.63) is 75.5 Å². The van der Waals surface area contributed by atoms with Gasteiger partial charge in [-0.05, 0) is 18.6 Å². The maximum atomic E-state index is 12.8. The summed E-state index contributed by atoms with van der Waals surface area (Å²) in [4.78, 5) is 16.9. The van der Waals surface area contributed by atoms with Crippen LogP contribution >= 0.6 is 11.3 Å². The van der Waals surface area contributed by atoms with E-state index in [1.807, 2.05) is 37.3 Å². The molecule has 6 nitrogen and oxygen atoms in total. The molecule has 0 spiro atoms. The second-order valence-corrected chi connectivity index (χ2v) is 7.96. The normalized spacial score (nSPS) is 16.4. The van der Waals surface area contributed by atoms with Crippen LogP contribution in [0.25, 0.3) is 20.5 Å². The number of thiophene rings is 1. The van der Waals surface area contributed by atoms with Crippen molar-refractivity contribution in [1.29, 1.82) is 0 Å². The molecular formula is C21H19N3O3S. The number of rotatable bonds is 4. The molecule has 1 atom stereocenters. The van der Waals surface area contributed by atoms with Crippen molar-refractivity contribution in [2.45, 2.75) is 26.2 Å². The summed E-state index contributed by atoms with van der Waals surface area (Å²) in [6, 6.07) is 12.1. The zero-order valence-corrected chi connectivity index (χ0v) is 16.1. The number of H-pyrrole nitrogens is 2. The van der Waals surface area contributed by atoms with E-state index in [4.69, 9.17) is 9.47 Å². The van der Waals surface area contributed by atoms with E-state index in [-0.39, 0.29) is 11.7 Å². The minimum Gasteiger partial charge on any atom is -0.374 e. The molecule has 0 saturated heterocycles. The number of aromatic amines is 2. The summed E-state index contributed by atoms with van der Waals surface area (Å²) in [7, 11) is 0.